The van der Waals surface area contributed by atoms with E-state index in [1.807, 2.05) is 6.92 Å². The van der Waals surface area contributed by atoms with Crippen molar-refractivity contribution in [1.29, 1.82) is 0 Å². The fraction of sp³-hybridized carbons (Fsp3) is 0.853. The second-order valence-corrected chi connectivity index (χ2v) is 13.5. The van der Waals surface area contributed by atoms with Gasteiger partial charge in [-0.05, 0) is 38.5 Å². The maximum absolute atomic E-state index is 12.1. The van der Waals surface area contributed by atoms with Crippen molar-refractivity contribution in [2.45, 2.75) is 167 Å². The number of aliphatic carboxylic acids is 1. The van der Waals surface area contributed by atoms with Gasteiger partial charge in [0.1, 0.15) is 12.7 Å². The van der Waals surface area contributed by atoms with Crippen LogP contribution >= 0.6 is 7.82 Å². The molecule has 0 saturated heterocycles. The summed E-state index contributed by atoms with van der Waals surface area (Å²) in [7, 11) is -4.72. The second kappa shape index (κ2) is 30.5. The minimum absolute atomic E-state index is 0.133. The number of phosphoric acid groups is 1. The van der Waals surface area contributed by atoms with Crippen molar-refractivity contribution in [2.24, 2.45) is 0 Å². The monoisotopic (exact) mass is 677 g/mol. The molecule has 3 atom stereocenters. The summed E-state index contributed by atoms with van der Waals surface area (Å²) in [6, 6.07) is -1.54. The van der Waals surface area contributed by atoms with Gasteiger partial charge in [-0.25, -0.2) is 9.36 Å². The first-order chi connectivity index (χ1) is 22.1. The van der Waals surface area contributed by atoms with E-state index in [-0.39, 0.29) is 12.8 Å². The summed E-state index contributed by atoms with van der Waals surface area (Å²) < 4.78 is 26.4. The summed E-state index contributed by atoms with van der Waals surface area (Å²) in [5.41, 5.74) is 0. The molecular formula is C34H64NO10P. The van der Waals surface area contributed by atoms with Crippen LogP contribution in [0.15, 0.2) is 12.2 Å². The molecule has 0 spiro atoms. The molecule has 1 amide bonds. The van der Waals surface area contributed by atoms with Crippen LogP contribution in [-0.4, -0.2) is 64.9 Å². The number of esters is 1. The van der Waals surface area contributed by atoms with Crippen LogP contribution in [-0.2, 0) is 32.7 Å². The highest BCUT2D eigenvalue weighted by molar-refractivity contribution is 7.47. The number of allylic oxidation sites excluding steroid dienone is 2. The molecule has 0 bridgehead atoms. The first-order valence-corrected chi connectivity index (χ1v) is 19.2. The molecule has 0 aliphatic rings. The standard InChI is InChI=1S/C34H64NO10P/c1-3-5-7-8-9-10-11-12-13-14-15-16-17-18-19-20-21-22-24-26-33(38)43-27-30(36)28-44-46(41,42)45-29-31(34(39)40)35-32(37)25-23-6-4-2/h12-13,30-31,36H,3-11,14-29H2,1-2H3,(H,35,37)(H,39,40)(H,41,42)/b13-12+. The van der Waals surface area contributed by atoms with E-state index in [0.29, 0.717) is 12.8 Å². The van der Waals surface area contributed by atoms with Crippen LogP contribution < -0.4 is 5.32 Å². The van der Waals surface area contributed by atoms with Crippen molar-refractivity contribution < 1.29 is 47.8 Å². The number of hydrogen-bond donors (Lipinski definition) is 4. The lowest BCUT2D eigenvalue weighted by Crippen LogP contribution is -2.43. The molecule has 3 unspecified atom stereocenters. The highest BCUT2D eigenvalue weighted by atomic mass is 31.2. The predicted molar refractivity (Wildman–Crippen MR) is 180 cm³/mol. The van der Waals surface area contributed by atoms with Crippen molar-refractivity contribution in [3.05, 3.63) is 12.2 Å². The molecule has 0 radical (unpaired) electrons. The number of carbonyl (C=O) groups is 3. The van der Waals surface area contributed by atoms with Gasteiger partial charge in [-0.3, -0.25) is 18.6 Å². The van der Waals surface area contributed by atoms with E-state index in [4.69, 9.17) is 4.74 Å². The quantitative estimate of drug-likeness (QED) is 0.0233. The van der Waals surface area contributed by atoms with Crippen molar-refractivity contribution in [2.75, 3.05) is 19.8 Å². The van der Waals surface area contributed by atoms with Gasteiger partial charge in [0, 0.05) is 12.8 Å². The Balaban J connectivity index is 3.78. The van der Waals surface area contributed by atoms with E-state index in [0.717, 1.165) is 32.1 Å². The Hall–Kier alpha value is -1.78. The Morgan fingerprint density at radius 2 is 1.13 bits per heavy atom. The van der Waals surface area contributed by atoms with Crippen molar-refractivity contribution in [3.63, 3.8) is 0 Å². The molecule has 0 aromatic rings. The molecular weight excluding hydrogens is 613 g/mol. The van der Waals surface area contributed by atoms with Crippen LogP contribution in [0.25, 0.3) is 0 Å². The lowest BCUT2D eigenvalue weighted by atomic mass is 10.1. The lowest BCUT2D eigenvalue weighted by Gasteiger charge is -2.18. The van der Waals surface area contributed by atoms with E-state index in [9.17, 15) is 34.1 Å². The largest absolute Gasteiger partial charge is 0.480 e. The number of carbonyl (C=O) groups excluding carboxylic acids is 2. The molecule has 0 aromatic carbocycles. The van der Waals surface area contributed by atoms with Crippen LogP contribution in [0, 0.1) is 0 Å². The third-order valence-electron chi connectivity index (χ3n) is 7.55. The van der Waals surface area contributed by atoms with Gasteiger partial charge < -0.3 is 25.2 Å². The number of carboxylic acid groups (broad SMARTS) is 1. The highest BCUT2D eigenvalue weighted by Gasteiger charge is 2.28. The molecule has 270 valence electrons. The van der Waals surface area contributed by atoms with Gasteiger partial charge in [0.2, 0.25) is 5.91 Å². The number of nitrogens with one attached hydrogen (secondary N) is 1. The number of phosphoric ester groups is 1. The summed E-state index contributed by atoms with van der Waals surface area (Å²) in [5.74, 6) is -2.41. The number of ether oxygens (including phenoxy) is 1. The molecule has 46 heavy (non-hydrogen) atoms. The minimum Gasteiger partial charge on any atom is -0.480 e. The molecule has 12 heteroatoms. The highest BCUT2D eigenvalue weighted by Crippen LogP contribution is 2.43. The first-order valence-electron chi connectivity index (χ1n) is 17.7. The summed E-state index contributed by atoms with van der Waals surface area (Å²) in [4.78, 5) is 44.9. The zero-order chi connectivity index (χ0) is 34.3. The molecule has 0 aliphatic heterocycles. The maximum atomic E-state index is 12.1. The van der Waals surface area contributed by atoms with Gasteiger partial charge in [0.25, 0.3) is 0 Å². The summed E-state index contributed by atoms with van der Waals surface area (Å²) in [5, 5.41) is 21.4. The first kappa shape index (κ1) is 44.2. The molecule has 0 rings (SSSR count). The smallest absolute Gasteiger partial charge is 0.472 e. The SMILES string of the molecule is CCCCCCCC/C=C/CCCCCCCCCCCC(=O)OCC(O)COP(=O)(O)OCC(NC(=O)CCCCC)C(=O)O. The Morgan fingerprint density at radius 1 is 0.674 bits per heavy atom. The van der Waals surface area contributed by atoms with Crippen molar-refractivity contribution >= 4 is 25.7 Å². The minimum atomic E-state index is -4.72. The fourth-order valence-corrected chi connectivity index (χ4v) is 5.49. The van der Waals surface area contributed by atoms with E-state index >= 15 is 0 Å². The summed E-state index contributed by atoms with van der Waals surface area (Å²) in [6.45, 7) is 2.33. The zero-order valence-electron chi connectivity index (χ0n) is 28.6. The molecule has 0 aliphatic carbocycles. The number of aliphatic hydroxyl groups excluding tert-OH is 1. The second-order valence-electron chi connectivity index (χ2n) is 12.1. The lowest BCUT2D eigenvalue weighted by molar-refractivity contribution is -0.147. The van der Waals surface area contributed by atoms with Crippen LogP contribution in [0.3, 0.4) is 0 Å². The van der Waals surface area contributed by atoms with Crippen LogP contribution in [0.2, 0.25) is 0 Å². The predicted octanol–water partition coefficient (Wildman–Crippen LogP) is 7.77. The van der Waals surface area contributed by atoms with Gasteiger partial charge >= 0.3 is 19.8 Å². The Kier molecular flexibility index (Phi) is 29.4. The van der Waals surface area contributed by atoms with Gasteiger partial charge in [-0.2, -0.15) is 0 Å². The summed E-state index contributed by atoms with van der Waals surface area (Å²) >= 11 is 0. The van der Waals surface area contributed by atoms with E-state index < -0.39 is 57.6 Å². The van der Waals surface area contributed by atoms with Crippen LogP contribution in [0.4, 0.5) is 0 Å². The summed E-state index contributed by atoms with van der Waals surface area (Å²) in [6.07, 6.45) is 26.5. The van der Waals surface area contributed by atoms with Gasteiger partial charge in [0.05, 0.1) is 13.2 Å². The molecule has 0 fully saturated rings. The zero-order valence-corrected chi connectivity index (χ0v) is 29.5. The number of carboxylic acids is 1. The maximum Gasteiger partial charge on any atom is 0.472 e. The molecule has 0 heterocycles. The van der Waals surface area contributed by atoms with Crippen LogP contribution in [0.5, 0.6) is 0 Å². The van der Waals surface area contributed by atoms with Gasteiger partial charge in [0.15, 0.2) is 6.04 Å². The number of amides is 1. The van der Waals surface area contributed by atoms with Crippen molar-refractivity contribution in [3.8, 4) is 0 Å². The van der Waals surface area contributed by atoms with E-state index in [1.165, 1.54) is 83.5 Å². The van der Waals surface area contributed by atoms with Crippen molar-refractivity contribution in [1.82, 2.24) is 5.32 Å². The van der Waals surface area contributed by atoms with Gasteiger partial charge in [-0.15, -0.1) is 0 Å². The average molecular weight is 678 g/mol. The van der Waals surface area contributed by atoms with E-state index in [2.05, 4.69) is 33.4 Å². The third kappa shape index (κ3) is 29.6. The number of rotatable bonds is 33. The number of aliphatic hydroxyl groups is 1. The third-order valence-corrected chi connectivity index (χ3v) is 8.51. The Morgan fingerprint density at radius 3 is 1.67 bits per heavy atom. The molecule has 0 saturated carbocycles. The van der Waals surface area contributed by atoms with Gasteiger partial charge in [-0.1, -0.05) is 116 Å². The van der Waals surface area contributed by atoms with Crippen LogP contribution in [0.1, 0.15) is 155 Å². The molecule has 11 nitrogen and oxygen atoms in total. The Labute approximate surface area is 277 Å². The number of unbranched alkanes of at least 4 members (excludes halogenated alkanes) is 17. The van der Waals surface area contributed by atoms with E-state index in [1.54, 1.807) is 0 Å². The number of hydrogen-bond acceptors (Lipinski definition) is 8. The molecule has 0 aromatic heterocycles. The molecule has 4 N–H and O–H groups in total. The fourth-order valence-electron chi connectivity index (χ4n) is 4.72. The normalized spacial score (nSPS) is 14.2. The Bertz CT molecular complexity index is 854. The average Bonchev–Trinajstić information content (AvgIpc) is 3.02. The topological polar surface area (TPSA) is 169 Å².